The number of nitrogens with one attached hydrogen (secondary N) is 1. The third-order valence-corrected chi connectivity index (χ3v) is 7.69. The van der Waals surface area contributed by atoms with Gasteiger partial charge in [-0.05, 0) is 75.4 Å². The Morgan fingerprint density at radius 3 is 2.67 bits per heavy atom. The Hall–Kier alpha value is -2.93. The summed E-state index contributed by atoms with van der Waals surface area (Å²) in [6.45, 7) is 7.67. The molecule has 1 unspecified atom stereocenters. The number of aromatic amines is 1. The van der Waals surface area contributed by atoms with Crippen LogP contribution in [0.15, 0.2) is 59.8 Å². The molecule has 2 aliphatic rings. The lowest BCUT2D eigenvalue weighted by Gasteiger charge is -2.39. The van der Waals surface area contributed by atoms with Crippen LogP contribution in [0.2, 0.25) is 5.02 Å². The molecular weight excluding hydrogens is 487 g/mol. The minimum Gasteiger partial charge on any atom is -0.494 e. The van der Waals surface area contributed by atoms with Crippen LogP contribution in [0.5, 0.6) is 5.75 Å². The second-order valence-corrected chi connectivity index (χ2v) is 10.2. The van der Waals surface area contributed by atoms with Crippen molar-refractivity contribution in [2.75, 3.05) is 13.2 Å². The van der Waals surface area contributed by atoms with Crippen molar-refractivity contribution in [3.63, 3.8) is 0 Å². The lowest BCUT2D eigenvalue weighted by atomic mass is 9.87. The summed E-state index contributed by atoms with van der Waals surface area (Å²) in [5.74, 6) is 1.74. The lowest BCUT2D eigenvalue weighted by Crippen LogP contribution is -2.39. The summed E-state index contributed by atoms with van der Waals surface area (Å²) in [5.41, 5.74) is 3.01. The molecule has 2 atom stereocenters. The van der Waals surface area contributed by atoms with Gasteiger partial charge in [0.05, 0.1) is 33.8 Å². The number of nitrogens with zero attached hydrogens (tertiary/aromatic N) is 2. The van der Waals surface area contributed by atoms with Gasteiger partial charge in [-0.15, -0.1) is 0 Å². The van der Waals surface area contributed by atoms with Crippen LogP contribution in [-0.2, 0) is 11.7 Å². The number of benzene rings is 2. The number of fused-ring (bicyclic) bond motifs is 1. The van der Waals surface area contributed by atoms with Crippen molar-refractivity contribution in [3.8, 4) is 5.75 Å². The van der Waals surface area contributed by atoms with Gasteiger partial charge in [0.25, 0.3) is 0 Å². The molecular formula is C28H29ClF3N3O. The molecule has 1 aromatic heterocycles. The highest BCUT2D eigenvalue weighted by Gasteiger charge is 2.43. The van der Waals surface area contributed by atoms with Gasteiger partial charge < -0.3 is 14.6 Å². The third kappa shape index (κ3) is 4.38. The molecule has 36 heavy (non-hydrogen) atoms. The maximum Gasteiger partial charge on any atom is 0.417 e. The predicted molar refractivity (Wildman–Crippen MR) is 136 cm³/mol. The van der Waals surface area contributed by atoms with Crippen LogP contribution in [0.4, 0.5) is 13.2 Å². The van der Waals surface area contributed by atoms with E-state index in [-0.39, 0.29) is 10.9 Å². The van der Waals surface area contributed by atoms with E-state index < -0.39 is 17.3 Å². The molecule has 2 heterocycles. The fraction of sp³-hybridized carbons (Fsp3) is 0.393. The zero-order valence-corrected chi connectivity index (χ0v) is 21.3. The van der Waals surface area contributed by atoms with Crippen LogP contribution >= 0.6 is 11.6 Å². The van der Waals surface area contributed by atoms with E-state index in [1.54, 1.807) is 0 Å². The first kappa shape index (κ1) is 24.8. The molecule has 0 saturated carbocycles. The van der Waals surface area contributed by atoms with Crippen LogP contribution in [0, 0.1) is 0 Å². The van der Waals surface area contributed by atoms with E-state index in [2.05, 4.69) is 48.0 Å². The van der Waals surface area contributed by atoms with Gasteiger partial charge in [-0.1, -0.05) is 35.9 Å². The van der Waals surface area contributed by atoms with Crippen molar-refractivity contribution < 1.29 is 17.9 Å². The Balaban J connectivity index is 1.50. The number of alkyl halides is 3. The molecule has 1 N–H and O–H groups in total. The fourth-order valence-electron chi connectivity index (χ4n) is 5.41. The van der Waals surface area contributed by atoms with Crippen LogP contribution in [0.1, 0.15) is 62.9 Å². The number of ether oxygens (including phenoxy) is 1. The number of hydrogen-bond acceptors (Lipinski definition) is 3. The van der Waals surface area contributed by atoms with Gasteiger partial charge in [0.2, 0.25) is 0 Å². The quantitative estimate of drug-likeness (QED) is 0.374. The van der Waals surface area contributed by atoms with Gasteiger partial charge >= 0.3 is 6.18 Å². The van der Waals surface area contributed by atoms with Crippen LogP contribution < -0.4 is 4.74 Å². The van der Waals surface area contributed by atoms with E-state index in [0.717, 1.165) is 43.3 Å². The van der Waals surface area contributed by atoms with Crippen molar-refractivity contribution in [3.05, 3.63) is 81.8 Å². The SMILES string of the molecule is CCOc1ccc(C2C=C(N3CCC[C@@]3(C)c3nc4cc(Cl)c(C(F)(F)F)cc4[nH]3)C(C)=CC2)cc1. The Kier molecular flexibility index (Phi) is 6.31. The zero-order valence-electron chi connectivity index (χ0n) is 20.5. The standard InChI is InChI=1S/C28H29ClF3N3O/c1-4-36-20-10-8-18(9-11-20)19-7-6-17(2)25(14-19)35-13-5-12-27(35,3)26-33-23-15-21(28(30,31)32)22(29)16-24(23)34-26/h6,8-11,14-16,19H,4-5,7,12-13H2,1-3H3,(H,33,34)/t19?,27-/m0/s1. The molecule has 1 aliphatic carbocycles. The molecule has 0 spiro atoms. The van der Waals surface area contributed by atoms with E-state index >= 15 is 0 Å². The first-order valence-electron chi connectivity index (χ1n) is 12.3. The van der Waals surface area contributed by atoms with Gasteiger partial charge in [-0.3, -0.25) is 0 Å². The average Bonchev–Trinajstić information content (AvgIpc) is 3.43. The average molecular weight is 516 g/mol. The summed E-state index contributed by atoms with van der Waals surface area (Å²) in [6.07, 6.45) is 2.77. The Morgan fingerprint density at radius 1 is 1.22 bits per heavy atom. The topological polar surface area (TPSA) is 41.1 Å². The second kappa shape index (κ2) is 9.18. The number of aromatic nitrogens is 2. The van der Waals surface area contributed by atoms with Gasteiger partial charge in [-0.2, -0.15) is 13.2 Å². The minimum atomic E-state index is -4.52. The Morgan fingerprint density at radius 2 is 1.97 bits per heavy atom. The van der Waals surface area contributed by atoms with E-state index in [0.29, 0.717) is 23.5 Å². The molecule has 1 aliphatic heterocycles. The van der Waals surface area contributed by atoms with E-state index in [9.17, 15) is 13.2 Å². The summed E-state index contributed by atoms with van der Waals surface area (Å²) in [4.78, 5) is 10.3. The molecule has 5 rings (SSSR count). The molecule has 1 saturated heterocycles. The molecule has 2 aromatic carbocycles. The molecule has 0 amide bonds. The van der Waals surface area contributed by atoms with E-state index in [4.69, 9.17) is 21.3 Å². The van der Waals surface area contributed by atoms with Crippen molar-refractivity contribution in [2.45, 2.75) is 57.7 Å². The first-order chi connectivity index (χ1) is 17.1. The van der Waals surface area contributed by atoms with Gasteiger partial charge in [0, 0.05) is 18.2 Å². The van der Waals surface area contributed by atoms with Crippen molar-refractivity contribution in [1.82, 2.24) is 14.9 Å². The number of imidazole rings is 1. The number of hydrogen-bond donors (Lipinski definition) is 1. The van der Waals surface area contributed by atoms with Gasteiger partial charge in [-0.25, -0.2) is 4.98 Å². The molecule has 190 valence electrons. The number of likely N-dealkylation sites (tertiary alicyclic amines) is 1. The Labute approximate surface area is 213 Å². The molecule has 8 heteroatoms. The molecule has 0 radical (unpaired) electrons. The molecule has 3 aromatic rings. The van der Waals surface area contributed by atoms with Crippen LogP contribution in [0.25, 0.3) is 11.0 Å². The maximum absolute atomic E-state index is 13.4. The number of allylic oxidation sites excluding steroid dienone is 3. The zero-order chi connectivity index (χ0) is 25.7. The number of halogens is 4. The number of H-pyrrole nitrogens is 1. The maximum atomic E-state index is 13.4. The van der Waals surface area contributed by atoms with E-state index in [1.807, 2.05) is 19.1 Å². The minimum absolute atomic E-state index is 0.230. The first-order valence-corrected chi connectivity index (χ1v) is 12.6. The summed E-state index contributed by atoms with van der Waals surface area (Å²) in [6, 6.07) is 10.6. The predicted octanol–water partition coefficient (Wildman–Crippen LogP) is 7.96. The second-order valence-electron chi connectivity index (χ2n) is 9.74. The lowest BCUT2D eigenvalue weighted by molar-refractivity contribution is -0.137. The smallest absolute Gasteiger partial charge is 0.417 e. The normalized spacial score (nSPS) is 22.6. The van der Waals surface area contributed by atoms with Crippen LogP contribution in [-0.4, -0.2) is 28.0 Å². The monoisotopic (exact) mass is 515 g/mol. The fourth-order valence-corrected chi connectivity index (χ4v) is 5.68. The summed E-state index contributed by atoms with van der Waals surface area (Å²) in [7, 11) is 0. The van der Waals surface area contributed by atoms with E-state index in [1.165, 1.54) is 17.2 Å². The summed E-state index contributed by atoms with van der Waals surface area (Å²) in [5, 5.41) is -0.339. The summed E-state index contributed by atoms with van der Waals surface area (Å²) >= 11 is 5.95. The van der Waals surface area contributed by atoms with Crippen molar-refractivity contribution in [1.29, 1.82) is 0 Å². The molecule has 4 nitrogen and oxygen atoms in total. The van der Waals surface area contributed by atoms with Crippen molar-refractivity contribution in [2.24, 2.45) is 0 Å². The highest BCUT2D eigenvalue weighted by Crippen LogP contribution is 2.45. The third-order valence-electron chi connectivity index (χ3n) is 7.38. The van der Waals surface area contributed by atoms with Crippen molar-refractivity contribution >= 4 is 22.6 Å². The van der Waals surface area contributed by atoms with Gasteiger partial charge in [0.15, 0.2) is 0 Å². The highest BCUT2D eigenvalue weighted by molar-refractivity contribution is 6.32. The van der Waals surface area contributed by atoms with Gasteiger partial charge in [0.1, 0.15) is 11.6 Å². The largest absolute Gasteiger partial charge is 0.494 e. The molecule has 1 fully saturated rings. The Bertz CT molecular complexity index is 1340. The highest BCUT2D eigenvalue weighted by atomic mass is 35.5. The van der Waals surface area contributed by atoms with Crippen LogP contribution in [0.3, 0.4) is 0 Å². The summed E-state index contributed by atoms with van der Waals surface area (Å²) < 4.78 is 45.8. The molecule has 0 bridgehead atoms. The number of rotatable bonds is 5.